The van der Waals surface area contributed by atoms with E-state index in [4.69, 9.17) is 0 Å². The van der Waals surface area contributed by atoms with Crippen LogP contribution >= 0.6 is 0 Å². The van der Waals surface area contributed by atoms with Crippen LogP contribution in [0.2, 0.25) is 0 Å². The minimum Gasteiger partial charge on any atom is -0.195 e. The maximum absolute atomic E-state index is 13.5. The van der Waals surface area contributed by atoms with Crippen molar-refractivity contribution < 1.29 is 61.5 Å². The summed E-state index contributed by atoms with van der Waals surface area (Å²) in [4.78, 5) is 0. The molecule has 2 aromatic carbocycles. The Kier molecular flexibility index (Phi) is 6.75. The highest BCUT2D eigenvalue weighted by molar-refractivity contribution is 5.79. The predicted octanol–water partition coefficient (Wildman–Crippen LogP) is 8.95. The molecule has 37 heavy (non-hydrogen) atoms. The number of alkyl halides is 14. The van der Waals surface area contributed by atoms with Gasteiger partial charge in [-0.15, -0.1) is 0 Å². The summed E-state index contributed by atoms with van der Waals surface area (Å²) in [5, 5.41) is 0. The van der Waals surface area contributed by atoms with Gasteiger partial charge in [0.15, 0.2) is 0 Å². The van der Waals surface area contributed by atoms with Crippen molar-refractivity contribution in [2.45, 2.75) is 42.5 Å². The Hall–Kier alpha value is -3.06. The Balaban J connectivity index is 1.83. The summed E-state index contributed by atoms with van der Waals surface area (Å²) >= 11 is 0. The van der Waals surface area contributed by atoms with Crippen LogP contribution in [0.4, 0.5) is 61.5 Å². The van der Waals surface area contributed by atoms with Crippen LogP contribution in [0.25, 0.3) is 23.3 Å². The van der Waals surface area contributed by atoms with E-state index in [-0.39, 0.29) is 17.5 Å². The molecule has 0 saturated heterocycles. The molecule has 0 N–H and O–H groups in total. The molecule has 1 aliphatic rings. The maximum Gasteiger partial charge on any atom is 0.460 e. The highest BCUT2D eigenvalue weighted by Crippen LogP contribution is 2.48. The highest BCUT2D eigenvalue weighted by atomic mass is 19.4. The second kappa shape index (κ2) is 8.76. The van der Waals surface area contributed by atoms with Crippen molar-refractivity contribution >= 4 is 12.2 Å². The van der Waals surface area contributed by atoms with Gasteiger partial charge in [-0.3, -0.25) is 0 Å². The van der Waals surface area contributed by atoms with E-state index >= 15 is 0 Å². The fraction of sp³-hybridized carbons (Fsp3) is 0.304. The molecule has 0 amide bonds. The first-order chi connectivity index (χ1) is 16.6. The molecule has 3 rings (SSSR count). The normalized spacial score (nSPS) is 15.5. The molecule has 202 valence electrons. The Morgan fingerprint density at radius 3 is 1.11 bits per heavy atom. The van der Waals surface area contributed by atoms with Gasteiger partial charge in [-0.2, -0.15) is 61.5 Å². The average Bonchev–Trinajstić information content (AvgIpc) is 3.11. The van der Waals surface area contributed by atoms with E-state index in [0.29, 0.717) is 34.4 Å². The molecule has 0 aromatic heterocycles. The van der Waals surface area contributed by atoms with Gasteiger partial charge < -0.3 is 0 Å². The monoisotopic (exact) mass is 554 g/mol. The smallest absolute Gasteiger partial charge is 0.195 e. The van der Waals surface area contributed by atoms with Crippen molar-refractivity contribution in [3.05, 3.63) is 70.8 Å². The molecule has 0 atom stereocenters. The first kappa shape index (κ1) is 28.5. The highest BCUT2D eigenvalue weighted by Gasteiger charge is 2.72. The molecule has 0 aliphatic heterocycles. The minimum absolute atomic E-state index is 0.0156. The van der Waals surface area contributed by atoms with Crippen LogP contribution in [0.5, 0.6) is 0 Å². The number of fused-ring (bicyclic) bond motifs is 3. The van der Waals surface area contributed by atoms with E-state index in [1.54, 1.807) is 0 Å². The quantitative estimate of drug-likeness (QED) is 0.267. The third kappa shape index (κ3) is 5.06. The zero-order chi connectivity index (χ0) is 28.2. The molecular formula is C23H12F14. The summed E-state index contributed by atoms with van der Waals surface area (Å²) in [5.41, 5.74) is 1.33. The average molecular weight is 554 g/mol. The molecule has 0 unspecified atom stereocenters. The van der Waals surface area contributed by atoms with Crippen LogP contribution < -0.4 is 0 Å². The van der Waals surface area contributed by atoms with Crippen LogP contribution in [-0.2, 0) is 6.42 Å². The standard InChI is InChI=1S/C23H12F14/c24-18(25,20(28,29)22(32,33)34)7-5-12-1-3-16-14(9-12)11-15-10-13(2-4-17(15)16)6-8-19(26,27)21(30,31)23(35,36)37/h1-10H,11H2/b7-5+,8-6+. The van der Waals surface area contributed by atoms with E-state index < -0.39 is 48.2 Å². The molecule has 0 heterocycles. The third-order valence-electron chi connectivity index (χ3n) is 5.45. The fourth-order valence-corrected chi connectivity index (χ4v) is 3.45. The SMILES string of the molecule is FC(F)(F)C(F)(F)C(F)(F)/C=C/c1ccc2c(c1)Cc1cc(/C=C/C(F)(F)C(F)(F)C(F)(F)F)ccc1-2. The lowest BCUT2D eigenvalue weighted by Gasteiger charge is -2.25. The first-order valence-electron chi connectivity index (χ1n) is 9.90. The summed E-state index contributed by atoms with van der Waals surface area (Å²) in [6, 6.07) is 7.32. The number of halogens is 14. The number of benzene rings is 2. The van der Waals surface area contributed by atoms with Crippen LogP contribution in [0.1, 0.15) is 22.3 Å². The van der Waals surface area contributed by atoms with Crippen LogP contribution in [0.3, 0.4) is 0 Å². The van der Waals surface area contributed by atoms with E-state index in [1.165, 1.54) is 24.3 Å². The number of rotatable bonds is 6. The lowest BCUT2D eigenvalue weighted by molar-refractivity contribution is -0.341. The Morgan fingerprint density at radius 2 is 0.811 bits per heavy atom. The Labute approximate surface area is 198 Å². The van der Waals surface area contributed by atoms with Gasteiger partial charge >= 0.3 is 36.0 Å². The van der Waals surface area contributed by atoms with Crippen molar-refractivity contribution in [3.63, 3.8) is 0 Å². The zero-order valence-electron chi connectivity index (χ0n) is 17.8. The van der Waals surface area contributed by atoms with Crippen molar-refractivity contribution in [1.29, 1.82) is 0 Å². The van der Waals surface area contributed by atoms with Gasteiger partial charge in [0, 0.05) is 0 Å². The van der Waals surface area contributed by atoms with Gasteiger partial charge in [0.05, 0.1) is 0 Å². The molecule has 0 nitrogen and oxygen atoms in total. The van der Waals surface area contributed by atoms with Crippen LogP contribution in [-0.4, -0.2) is 36.0 Å². The first-order valence-corrected chi connectivity index (χ1v) is 9.90. The van der Waals surface area contributed by atoms with Gasteiger partial charge in [-0.05, 0) is 52.0 Å². The van der Waals surface area contributed by atoms with Crippen molar-refractivity contribution in [2.24, 2.45) is 0 Å². The summed E-state index contributed by atoms with van der Waals surface area (Å²) in [6.07, 6.45) is -13.5. The minimum atomic E-state index is -6.50. The molecular weight excluding hydrogens is 542 g/mol. The topological polar surface area (TPSA) is 0 Å². The summed E-state index contributed by atoms with van der Waals surface area (Å²) < 4.78 is 180. The molecule has 2 aromatic rings. The molecule has 0 fully saturated rings. The van der Waals surface area contributed by atoms with Gasteiger partial charge in [-0.1, -0.05) is 48.6 Å². The maximum atomic E-state index is 13.5. The Morgan fingerprint density at radius 1 is 0.486 bits per heavy atom. The van der Waals surface area contributed by atoms with Crippen LogP contribution in [0, 0.1) is 0 Å². The predicted molar refractivity (Wildman–Crippen MR) is 105 cm³/mol. The second-order valence-corrected chi connectivity index (χ2v) is 8.07. The van der Waals surface area contributed by atoms with Gasteiger partial charge in [0.25, 0.3) is 0 Å². The molecule has 0 saturated carbocycles. The van der Waals surface area contributed by atoms with Crippen molar-refractivity contribution in [2.75, 3.05) is 0 Å². The van der Waals surface area contributed by atoms with E-state index in [2.05, 4.69) is 0 Å². The largest absolute Gasteiger partial charge is 0.460 e. The van der Waals surface area contributed by atoms with E-state index in [0.717, 1.165) is 12.1 Å². The summed E-state index contributed by atoms with van der Waals surface area (Å²) in [6.45, 7) is 0. The second-order valence-electron chi connectivity index (χ2n) is 8.07. The third-order valence-corrected chi connectivity index (χ3v) is 5.45. The zero-order valence-corrected chi connectivity index (χ0v) is 17.8. The molecule has 14 heteroatoms. The van der Waals surface area contributed by atoms with Crippen molar-refractivity contribution in [3.8, 4) is 11.1 Å². The number of hydrogen-bond donors (Lipinski definition) is 0. The van der Waals surface area contributed by atoms with E-state index in [1.807, 2.05) is 0 Å². The fourth-order valence-electron chi connectivity index (χ4n) is 3.45. The molecule has 0 radical (unpaired) electrons. The number of hydrogen-bond acceptors (Lipinski definition) is 0. The van der Waals surface area contributed by atoms with Crippen LogP contribution in [0.15, 0.2) is 48.6 Å². The van der Waals surface area contributed by atoms with Gasteiger partial charge in [-0.25, -0.2) is 0 Å². The van der Waals surface area contributed by atoms with Gasteiger partial charge in [0.2, 0.25) is 0 Å². The molecule has 0 spiro atoms. The number of allylic oxidation sites excluding steroid dienone is 2. The van der Waals surface area contributed by atoms with Crippen molar-refractivity contribution in [1.82, 2.24) is 0 Å². The summed E-state index contributed by atoms with van der Waals surface area (Å²) in [5.74, 6) is -23.8. The molecule has 0 bridgehead atoms. The lowest BCUT2D eigenvalue weighted by Crippen LogP contribution is -2.50. The van der Waals surface area contributed by atoms with E-state index in [9.17, 15) is 61.5 Å². The molecule has 1 aliphatic carbocycles. The Bertz CT molecular complexity index is 1130. The summed E-state index contributed by atoms with van der Waals surface area (Å²) in [7, 11) is 0. The van der Waals surface area contributed by atoms with Gasteiger partial charge in [0.1, 0.15) is 0 Å². The lowest BCUT2D eigenvalue weighted by atomic mass is 10.0.